The van der Waals surface area contributed by atoms with Crippen molar-refractivity contribution in [3.8, 4) is 11.5 Å². The van der Waals surface area contributed by atoms with Gasteiger partial charge in [-0.3, -0.25) is 4.90 Å². The average molecular weight is 335 g/mol. The highest BCUT2D eigenvalue weighted by Crippen LogP contribution is 2.37. The first kappa shape index (κ1) is 20.1. The smallest absolute Gasteiger partial charge is 0.165 e. The summed E-state index contributed by atoms with van der Waals surface area (Å²) in [6, 6.07) is 6.15. The van der Waals surface area contributed by atoms with Gasteiger partial charge in [0.25, 0.3) is 0 Å². The molecule has 0 bridgehead atoms. The Labute approximate surface area is 139 Å². The van der Waals surface area contributed by atoms with Gasteiger partial charge >= 0.3 is 0 Å². The molecule has 21 heavy (non-hydrogen) atoms. The van der Waals surface area contributed by atoms with Crippen LogP contribution >= 0.6 is 24.8 Å². The minimum Gasteiger partial charge on any atom is -0.493 e. The van der Waals surface area contributed by atoms with Crippen molar-refractivity contribution < 1.29 is 9.47 Å². The molecule has 6 heteroatoms. The largest absolute Gasteiger partial charge is 0.493 e. The third kappa shape index (κ3) is 4.51. The van der Waals surface area contributed by atoms with E-state index in [4.69, 9.17) is 9.47 Å². The number of nitrogens with zero attached hydrogens (tertiary/aromatic N) is 1. The molecule has 120 valence electrons. The highest BCUT2D eigenvalue weighted by Gasteiger charge is 2.23. The predicted molar refractivity (Wildman–Crippen MR) is 91.4 cm³/mol. The summed E-state index contributed by atoms with van der Waals surface area (Å²) in [5, 5.41) is 3.36. The van der Waals surface area contributed by atoms with E-state index in [1.807, 2.05) is 18.2 Å². The fraction of sp³-hybridized carbons (Fsp3) is 0.467. The standard InChI is InChI=1S/C15H22N2O2.2ClH/c1-4-13(17-10-8-16-9-11-17)12-6-5-7-14(18-2)15(12)19-3;;/h4-7,13,16H,1,8-11H2,2-3H3;2*1H/t13-;;/m0../s1. The molecule has 1 aliphatic rings. The quantitative estimate of drug-likeness (QED) is 0.839. The molecule has 0 aliphatic carbocycles. The van der Waals surface area contributed by atoms with E-state index in [-0.39, 0.29) is 30.9 Å². The van der Waals surface area contributed by atoms with Gasteiger partial charge in [0.05, 0.1) is 20.3 Å². The molecule has 0 saturated carbocycles. The van der Waals surface area contributed by atoms with Crippen LogP contribution in [0.3, 0.4) is 0 Å². The van der Waals surface area contributed by atoms with Gasteiger partial charge in [0.15, 0.2) is 11.5 Å². The Bertz CT molecular complexity index is 438. The maximum Gasteiger partial charge on any atom is 0.165 e. The van der Waals surface area contributed by atoms with Gasteiger partial charge in [-0.1, -0.05) is 18.2 Å². The zero-order valence-corrected chi connectivity index (χ0v) is 14.1. The first-order valence-electron chi connectivity index (χ1n) is 6.60. The van der Waals surface area contributed by atoms with Crippen LogP contribution in [0, 0.1) is 0 Å². The van der Waals surface area contributed by atoms with Gasteiger partial charge in [0, 0.05) is 31.7 Å². The summed E-state index contributed by atoms with van der Waals surface area (Å²) in [6.07, 6.45) is 1.97. The molecule has 4 nitrogen and oxygen atoms in total. The topological polar surface area (TPSA) is 33.7 Å². The number of hydrogen-bond donors (Lipinski definition) is 1. The second kappa shape index (κ2) is 9.90. The summed E-state index contributed by atoms with van der Waals surface area (Å²) in [4.78, 5) is 2.40. The lowest BCUT2D eigenvalue weighted by molar-refractivity contribution is 0.199. The maximum absolute atomic E-state index is 5.53. The predicted octanol–water partition coefficient (Wildman–Crippen LogP) is 2.68. The van der Waals surface area contributed by atoms with Crippen molar-refractivity contribution in [3.63, 3.8) is 0 Å². The Balaban J connectivity index is 0.00000200. The van der Waals surface area contributed by atoms with Crippen LogP contribution in [0.2, 0.25) is 0 Å². The molecule has 1 heterocycles. The minimum atomic E-state index is 0. The number of rotatable bonds is 5. The van der Waals surface area contributed by atoms with Gasteiger partial charge in [-0.15, -0.1) is 31.4 Å². The fourth-order valence-corrected chi connectivity index (χ4v) is 2.58. The van der Waals surface area contributed by atoms with Crippen LogP contribution in [0.5, 0.6) is 11.5 Å². The molecule has 2 rings (SSSR count). The van der Waals surface area contributed by atoms with Crippen LogP contribution in [0.15, 0.2) is 30.9 Å². The van der Waals surface area contributed by atoms with E-state index in [0.717, 1.165) is 43.2 Å². The lowest BCUT2D eigenvalue weighted by atomic mass is 10.0. The molecule has 0 radical (unpaired) electrons. The van der Waals surface area contributed by atoms with Gasteiger partial charge in [-0.2, -0.15) is 0 Å². The molecule has 1 aromatic carbocycles. The number of halogens is 2. The number of methoxy groups -OCH3 is 2. The van der Waals surface area contributed by atoms with Crippen LogP contribution < -0.4 is 14.8 Å². The van der Waals surface area contributed by atoms with Gasteiger partial charge in [-0.05, 0) is 6.07 Å². The molecule has 0 unspecified atom stereocenters. The molecule has 1 fully saturated rings. The first-order valence-corrected chi connectivity index (χ1v) is 6.60. The normalized spacial score (nSPS) is 16.1. The highest BCUT2D eigenvalue weighted by molar-refractivity contribution is 5.85. The van der Waals surface area contributed by atoms with Crippen molar-refractivity contribution in [2.45, 2.75) is 6.04 Å². The molecule has 0 aromatic heterocycles. The van der Waals surface area contributed by atoms with E-state index >= 15 is 0 Å². The van der Waals surface area contributed by atoms with Crippen LogP contribution in [0.4, 0.5) is 0 Å². The number of nitrogens with one attached hydrogen (secondary N) is 1. The van der Waals surface area contributed by atoms with E-state index in [1.165, 1.54) is 0 Å². The van der Waals surface area contributed by atoms with Gasteiger partial charge in [0.1, 0.15) is 0 Å². The minimum absolute atomic E-state index is 0. The second-order valence-electron chi connectivity index (χ2n) is 4.55. The maximum atomic E-state index is 5.53. The first-order chi connectivity index (χ1) is 9.31. The third-order valence-electron chi connectivity index (χ3n) is 3.52. The molecular weight excluding hydrogens is 311 g/mol. The lowest BCUT2D eigenvalue weighted by Gasteiger charge is -2.34. The zero-order valence-electron chi connectivity index (χ0n) is 12.5. The number of hydrogen-bond acceptors (Lipinski definition) is 4. The van der Waals surface area contributed by atoms with Crippen LogP contribution in [0.25, 0.3) is 0 Å². The zero-order chi connectivity index (χ0) is 13.7. The Morgan fingerprint density at radius 3 is 2.38 bits per heavy atom. The fourth-order valence-electron chi connectivity index (χ4n) is 2.58. The van der Waals surface area contributed by atoms with Crippen molar-refractivity contribution >= 4 is 24.8 Å². The number of benzene rings is 1. The molecule has 1 aliphatic heterocycles. The summed E-state index contributed by atoms with van der Waals surface area (Å²) in [6.45, 7) is 8.03. The monoisotopic (exact) mass is 334 g/mol. The molecule has 1 N–H and O–H groups in total. The van der Waals surface area contributed by atoms with Crippen LogP contribution in [-0.4, -0.2) is 45.3 Å². The third-order valence-corrected chi connectivity index (χ3v) is 3.52. The van der Waals surface area contributed by atoms with Crippen molar-refractivity contribution in [1.29, 1.82) is 0 Å². The van der Waals surface area contributed by atoms with E-state index < -0.39 is 0 Å². The molecule has 1 saturated heterocycles. The van der Waals surface area contributed by atoms with Crippen molar-refractivity contribution in [3.05, 3.63) is 36.4 Å². The van der Waals surface area contributed by atoms with Crippen molar-refractivity contribution in [1.82, 2.24) is 10.2 Å². The molecule has 1 aromatic rings. The highest BCUT2D eigenvalue weighted by atomic mass is 35.5. The van der Waals surface area contributed by atoms with Gasteiger partial charge in [0.2, 0.25) is 0 Å². The lowest BCUT2D eigenvalue weighted by Crippen LogP contribution is -2.44. The summed E-state index contributed by atoms with van der Waals surface area (Å²) >= 11 is 0. The van der Waals surface area contributed by atoms with Gasteiger partial charge in [-0.25, -0.2) is 0 Å². The Kier molecular flexibility index (Phi) is 9.46. The Hall–Kier alpha value is -0.940. The van der Waals surface area contributed by atoms with Crippen molar-refractivity contribution in [2.24, 2.45) is 0 Å². The van der Waals surface area contributed by atoms with E-state index in [2.05, 4.69) is 22.9 Å². The molecule has 0 spiro atoms. The average Bonchev–Trinajstić information content (AvgIpc) is 2.48. The Morgan fingerprint density at radius 1 is 1.19 bits per heavy atom. The number of para-hydroxylation sites is 1. The molecule has 1 atom stereocenters. The SMILES string of the molecule is C=C[C@@H](c1cccc(OC)c1OC)N1CCNCC1.Cl.Cl. The molecular formula is C15H24Cl2N2O2. The summed E-state index contributed by atoms with van der Waals surface area (Å²) in [5.41, 5.74) is 1.11. The van der Waals surface area contributed by atoms with Crippen LogP contribution in [-0.2, 0) is 0 Å². The number of piperazine rings is 1. The second-order valence-corrected chi connectivity index (χ2v) is 4.55. The summed E-state index contributed by atoms with van der Waals surface area (Å²) < 4.78 is 10.9. The molecule has 0 amide bonds. The van der Waals surface area contributed by atoms with E-state index in [0.29, 0.717) is 0 Å². The van der Waals surface area contributed by atoms with Crippen molar-refractivity contribution in [2.75, 3.05) is 40.4 Å². The van der Waals surface area contributed by atoms with Gasteiger partial charge < -0.3 is 14.8 Å². The van der Waals surface area contributed by atoms with E-state index in [1.54, 1.807) is 14.2 Å². The Morgan fingerprint density at radius 2 is 1.86 bits per heavy atom. The summed E-state index contributed by atoms with van der Waals surface area (Å²) in [7, 11) is 3.34. The van der Waals surface area contributed by atoms with Crippen LogP contribution in [0.1, 0.15) is 11.6 Å². The van der Waals surface area contributed by atoms with E-state index in [9.17, 15) is 0 Å². The summed E-state index contributed by atoms with van der Waals surface area (Å²) in [5.74, 6) is 1.57. The number of ether oxygens (including phenoxy) is 2.